The predicted octanol–water partition coefficient (Wildman–Crippen LogP) is 3.73. The van der Waals surface area contributed by atoms with E-state index in [-0.39, 0.29) is 5.41 Å². The molecule has 1 atom stereocenters. The van der Waals surface area contributed by atoms with Crippen LogP contribution in [0.2, 0.25) is 0 Å². The van der Waals surface area contributed by atoms with Gasteiger partial charge in [0.1, 0.15) is 5.75 Å². The lowest BCUT2D eigenvalue weighted by Gasteiger charge is -2.25. The molecule has 1 aliphatic heterocycles. The highest BCUT2D eigenvalue weighted by atomic mass is 16.5. The van der Waals surface area contributed by atoms with Crippen molar-refractivity contribution in [2.45, 2.75) is 52.0 Å². The lowest BCUT2D eigenvalue weighted by Crippen LogP contribution is -2.17. The van der Waals surface area contributed by atoms with Crippen molar-refractivity contribution in [2.75, 3.05) is 13.7 Å². The van der Waals surface area contributed by atoms with Crippen molar-refractivity contribution in [3.05, 3.63) is 28.8 Å². The summed E-state index contributed by atoms with van der Waals surface area (Å²) in [6.07, 6.45) is 2.52. The van der Waals surface area contributed by atoms with Gasteiger partial charge in [-0.2, -0.15) is 0 Å². The zero-order valence-corrected chi connectivity index (χ0v) is 12.3. The minimum Gasteiger partial charge on any atom is -0.496 e. The van der Waals surface area contributed by atoms with Crippen molar-refractivity contribution in [2.24, 2.45) is 0 Å². The summed E-state index contributed by atoms with van der Waals surface area (Å²) in [7, 11) is 1.77. The second-order valence-corrected chi connectivity index (χ2v) is 6.32. The fourth-order valence-corrected chi connectivity index (χ4v) is 2.80. The number of benzene rings is 1. The summed E-state index contributed by atoms with van der Waals surface area (Å²) in [5.74, 6) is 1.05. The molecule has 2 nitrogen and oxygen atoms in total. The molecular formula is C16H25NO. The van der Waals surface area contributed by atoms with Crippen LogP contribution >= 0.6 is 0 Å². The Labute approximate surface area is 111 Å². The average molecular weight is 247 g/mol. The van der Waals surface area contributed by atoms with Crippen LogP contribution in [0.5, 0.6) is 5.75 Å². The standard InChI is InChI=1S/C16H25NO/c1-11-9-12(14-7-6-8-17-14)10-13(15(11)18-5)16(2,3)4/h9-10,14,17H,6-8H2,1-5H3. The zero-order valence-electron chi connectivity index (χ0n) is 12.3. The maximum absolute atomic E-state index is 5.60. The van der Waals surface area contributed by atoms with Gasteiger partial charge in [0.15, 0.2) is 0 Å². The second kappa shape index (κ2) is 4.93. The van der Waals surface area contributed by atoms with E-state index in [1.165, 1.54) is 29.5 Å². The molecule has 18 heavy (non-hydrogen) atoms. The molecule has 2 heteroatoms. The second-order valence-electron chi connectivity index (χ2n) is 6.32. The Morgan fingerprint density at radius 3 is 2.50 bits per heavy atom. The lowest BCUT2D eigenvalue weighted by molar-refractivity contribution is 0.394. The molecular weight excluding hydrogens is 222 g/mol. The van der Waals surface area contributed by atoms with Crippen molar-refractivity contribution >= 4 is 0 Å². The SMILES string of the molecule is COc1c(C)cc(C2CCCN2)cc1C(C)(C)C. The van der Waals surface area contributed by atoms with Gasteiger partial charge in [0.25, 0.3) is 0 Å². The van der Waals surface area contributed by atoms with Crippen molar-refractivity contribution in [1.29, 1.82) is 0 Å². The smallest absolute Gasteiger partial charge is 0.125 e. The highest BCUT2D eigenvalue weighted by Crippen LogP contribution is 2.37. The molecule has 0 bridgehead atoms. The van der Waals surface area contributed by atoms with E-state index in [0.717, 1.165) is 12.3 Å². The van der Waals surface area contributed by atoms with Crippen LogP contribution in [-0.2, 0) is 5.41 Å². The molecule has 100 valence electrons. The van der Waals surface area contributed by atoms with Crippen molar-refractivity contribution in [3.8, 4) is 5.75 Å². The first-order valence-corrected chi connectivity index (χ1v) is 6.86. The van der Waals surface area contributed by atoms with Gasteiger partial charge in [0.05, 0.1) is 7.11 Å². The van der Waals surface area contributed by atoms with Crippen LogP contribution in [0.3, 0.4) is 0 Å². The Balaban J connectivity index is 2.48. The predicted molar refractivity (Wildman–Crippen MR) is 76.4 cm³/mol. The maximum atomic E-state index is 5.60. The van der Waals surface area contributed by atoms with E-state index >= 15 is 0 Å². The van der Waals surface area contributed by atoms with E-state index in [0.29, 0.717) is 6.04 Å². The Morgan fingerprint density at radius 1 is 1.28 bits per heavy atom. The molecule has 1 aromatic carbocycles. The van der Waals surface area contributed by atoms with Gasteiger partial charge >= 0.3 is 0 Å². The number of methoxy groups -OCH3 is 1. The van der Waals surface area contributed by atoms with Gasteiger partial charge in [0, 0.05) is 11.6 Å². The molecule has 0 saturated carbocycles. The van der Waals surface area contributed by atoms with Crippen LogP contribution in [0, 0.1) is 6.92 Å². The minimum atomic E-state index is 0.116. The summed E-state index contributed by atoms with van der Waals surface area (Å²) in [5, 5.41) is 3.58. The van der Waals surface area contributed by atoms with E-state index in [1.54, 1.807) is 7.11 Å². The maximum Gasteiger partial charge on any atom is 0.125 e. The molecule has 1 unspecified atom stereocenters. The third kappa shape index (κ3) is 2.54. The van der Waals surface area contributed by atoms with Gasteiger partial charge in [-0.3, -0.25) is 0 Å². The summed E-state index contributed by atoms with van der Waals surface area (Å²) >= 11 is 0. The summed E-state index contributed by atoms with van der Waals surface area (Å²) in [6, 6.07) is 5.13. The quantitative estimate of drug-likeness (QED) is 0.860. The van der Waals surface area contributed by atoms with E-state index in [9.17, 15) is 0 Å². The van der Waals surface area contributed by atoms with Gasteiger partial charge in [-0.15, -0.1) is 0 Å². The summed E-state index contributed by atoms with van der Waals surface area (Å²) in [4.78, 5) is 0. The van der Waals surface area contributed by atoms with Crippen molar-refractivity contribution in [1.82, 2.24) is 5.32 Å². The first-order valence-electron chi connectivity index (χ1n) is 6.86. The van der Waals surface area contributed by atoms with E-state index in [4.69, 9.17) is 4.74 Å². The molecule has 1 N–H and O–H groups in total. The van der Waals surface area contributed by atoms with Crippen LogP contribution in [0.1, 0.15) is 56.3 Å². The van der Waals surface area contributed by atoms with E-state index < -0.39 is 0 Å². The van der Waals surface area contributed by atoms with Crippen LogP contribution in [-0.4, -0.2) is 13.7 Å². The van der Waals surface area contributed by atoms with Crippen LogP contribution in [0.25, 0.3) is 0 Å². The third-order valence-electron chi connectivity index (χ3n) is 3.77. The van der Waals surface area contributed by atoms with Gasteiger partial charge in [-0.05, 0) is 48.9 Å². The number of hydrogen-bond acceptors (Lipinski definition) is 2. The first kappa shape index (κ1) is 13.4. The number of aryl methyl sites for hydroxylation is 1. The Kier molecular flexibility index (Phi) is 3.67. The van der Waals surface area contributed by atoms with Crippen LogP contribution in [0.4, 0.5) is 0 Å². The van der Waals surface area contributed by atoms with Crippen molar-refractivity contribution < 1.29 is 4.74 Å². The molecule has 1 saturated heterocycles. The Morgan fingerprint density at radius 2 is 2.00 bits per heavy atom. The van der Waals surface area contributed by atoms with E-state index in [1.807, 2.05) is 0 Å². The fourth-order valence-electron chi connectivity index (χ4n) is 2.80. The largest absolute Gasteiger partial charge is 0.496 e. The third-order valence-corrected chi connectivity index (χ3v) is 3.77. The molecule has 1 aromatic rings. The molecule has 0 radical (unpaired) electrons. The molecule has 1 heterocycles. The highest BCUT2D eigenvalue weighted by Gasteiger charge is 2.24. The molecule has 0 aromatic heterocycles. The summed E-state index contributed by atoms with van der Waals surface area (Å²) < 4.78 is 5.60. The normalized spacial score (nSPS) is 20.2. The number of nitrogens with one attached hydrogen (secondary N) is 1. The summed E-state index contributed by atoms with van der Waals surface area (Å²) in [6.45, 7) is 10.0. The molecule has 0 spiro atoms. The van der Waals surface area contributed by atoms with Crippen LogP contribution in [0.15, 0.2) is 12.1 Å². The number of hydrogen-bond donors (Lipinski definition) is 1. The van der Waals surface area contributed by atoms with Crippen LogP contribution < -0.4 is 10.1 Å². The number of ether oxygens (including phenoxy) is 1. The highest BCUT2D eigenvalue weighted by molar-refractivity contribution is 5.48. The van der Waals surface area contributed by atoms with E-state index in [2.05, 4.69) is 45.1 Å². The number of rotatable bonds is 2. The molecule has 1 aliphatic rings. The molecule has 0 aliphatic carbocycles. The zero-order chi connectivity index (χ0) is 13.3. The molecule has 2 rings (SSSR count). The minimum absolute atomic E-state index is 0.116. The lowest BCUT2D eigenvalue weighted by atomic mass is 9.83. The van der Waals surface area contributed by atoms with Gasteiger partial charge in [-0.1, -0.05) is 26.8 Å². The first-order chi connectivity index (χ1) is 8.43. The van der Waals surface area contributed by atoms with Gasteiger partial charge < -0.3 is 10.1 Å². The average Bonchev–Trinajstić information content (AvgIpc) is 2.80. The summed E-state index contributed by atoms with van der Waals surface area (Å²) in [5.41, 5.74) is 4.09. The Bertz CT molecular complexity index is 425. The van der Waals surface area contributed by atoms with Crippen molar-refractivity contribution in [3.63, 3.8) is 0 Å². The molecule has 0 amide bonds. The monoisotopic (exact) mass is 247 g/mol. The van der Waals surface area contributed by atoms with Gasteiger partial charge in [0.2, 0.25) is 0 Å². The van der Waals surface area contributed by atoms with Gasteiger partial charge in [-0.25, -0.2) is 0 Å². The molecule has 1 fully saturated rings. The topological polar surface area (TPSA) is 21.3 Å². The fraction of sp³-hybridized carbons (Fsp3) is 0.625. The Hall–Kier alpha value is -1.02.